The number of nitrogens with one attached hydrogen (secondary N) is 1. The Labute approximate surface area is 89.2 Å². The molecule has 5 nitrogen and oxygen atoms in total. The van der Waals surface area contributed by atoms with E-state index >= 15 is 0 Å². The molecule has 1 aliphatic rings. The molecule has 1 atom stereocenters. The smallest absolute Gasteiger partial charge is 0.149 e. The lowest BCUT2D eigenvalue weighted by atomic mass is 10.1. The van der Waals surface area contributed by atoms with Gasteiger partial charge in [-0.05, 0) is 13.3 Å². The molecule has 2 heterocycles. The first-order valence-electron chi connectivity index (χ1n) is 5.08. The standard InChI is InChI=1S/C10H16N4O/c1-10(15)3-4-14(7-10)9-6-12-5-8(11-2)13-9/h5-6,15H,3-4,7H2,1-2H3,(H,11,13). The van der Waals surface area contributed by atoms with Crippen LogP contribution in [0.3, 0.4) is 0 Å². The second kappa shape index (κ2) is 3.66. The van der Waals surface area contributed by atoms with E-state index in [2.05, 4.69) is 15.3 Å². The third-order valence-corrected chi connectivity index (χ3v) is 2.65. The molecule has 0 spiro atoms. The molecule has 2 rings (SSSR count). The van der Waals surface area contributed by atoms with Crippen LogP contribution in [0, 0.1) is 0 Å². The summed E-state index contributed by atoms with van der Waals surface area (Å²) in [5, 5.41) is 12.8. The Morgan fingerprint density at radius 3 is 2.93 bits per heavy atom. The van der Waals surface area contributed by atoms with E-state index in [1.165, 1.54) is 0 Å². The third-order valence-electron chi connectivity index (χ3n) is 2.65. The molecule has 1 saturated heterocycles. The molecule has 0 bridgehead atoms. The van der Waals surface area contributed by atoms with E-state index in [1.54, 1.807) is 12.4 Å². The van der Waals surface area contributed by atoms with Gasteiger partial charge in [-0.25, -0.2) is 4.98 Å². The molecule has 0 aromatic carbocycles. The fraction of sp³-hybridized carbons (Fsp3) is 0.600. The van der Waals surface area contributed by atoms with Gasteiger partial charge in [-0.3, -0.25) is 4.98 Å². The molecule has 0 radical (unpaired) electrons. The number of anilines is 2. The molecular weight excluding hydrogens is 192 g/mol. The van der Waals surface area contributed by atoms with Crippen LogP contribution >= 0.6 is 0 Å². The van der Waals surface area contributed by atoms with Crippen LogP contribution in [-0.2, 0) is 0 Å². The molecule has 1 aromatic heterocycles. The van der Waals surface area contributed by atoms with Crippen LogP contribution in [0.2, 0.25) is 0 Å². The predicted octanol–water partition coefficient (Wildman–Crippen LogP) is 0.479. The average molecular weight is 208 g/mol. The number of hydrogen-bond donors (Lipinski definition) is 2. The van der Waals surface area contributed by atoms with Crippen LogP contribution in [0.5, 0.6) is 0 Å². The van der Waals surface area contributed by atoms with Crippen LogP contribution in [0.4, 0.5) is 11.6 Å². The molecule has 0 amide bonds. The summed E-state index contributed by atoms with van der Waals surface area (Å²) >= 11 is 0. The van der Waals surface area contributed by atoms with E-state index in [0.29, 0.717) is 6.54 Å². The molecule has 0 saturated carbocycles. The van der Waals surface area contributed by atoms with Crippen molar-refractivity contribution in [2.45, 2.75) is 18.9 Å². The van der Waals surface area contributed by atoms with Gasteiger partial charge >= 0.3 is 0 Å². The van der Waals surface area contributed by atoms with Gasteiger partial charge in [0.1, 0.15) is 11.6 Å². The maximum Gasteiger partial charge on any atom is 0.149 e. The van der Waals surface area contributed by atoms with Gasteiger partial charge < -0.3 is 15.3 Å². The summed E-state index contributed by atoms with van der Waals surface area (Å²) in [7, 11) is 1.81. The van der Waals surface area contributed by atoms with Crippen molar-refractivity contribution in [2.24, 2.45) is 0 Å². The van der Waals surface area contributed by atoms with Gasteiger partial charge in [0, 0.05) is 20.1 Å². The van der Waals surface area contributed by atoms with Gasteiger partial charge in [-0.2, -0.15) is 0 Å². The lowest BCUT2D eigenvalue weighted by Crippen LogP contribution is -2.30. The summed E-state index contributed by atoms with van der Waals surface area (Å²) in [5.74, 6) is 1.57. The van der Waals surface area contributed by atoms with Crippen molar-refractivity contribution in [1.82, 2.24) is 9.97 Å². The summed E-state index contributed by atoms with van der Waals surface area (Å²) in [4.78, 5) is 10.5. The highest BCUT2D eigenvalue weighted by atomic mass is 16.3. The molecule has 1 aliphatic heterocycles. The quantitative estimate of drug-likeness (QED) is 0.740. The monoisotopic (exact) mass is 208 g/mol. The van der Waals surface area contributed by atoms with Crippen LogP contribution in [0.15, 0.2) is 12.4 Å². The second-order valence-electron chi connectivity index (χ2n) is 4.18. The van der Waals surface area contributed by atoms with Gasteiger partial charge in [-0.1, -0.05) is 0 Å². The van der Waals surface area contributed by atoms with Crippen molar-refractivity contribution in [1.29, 1.82) is 0 Å². The molecule has 82 valence electrons. The van der Waals surface area contributed by atoms with Gasteiger partial charge in [-0.15, -0.1) is 0 Å². The summed E-state index contributed by atoms with van der Waals surface area (Å²) in [6, 6.07) is 0. The minimum atomic E-state index is -0.600. The number of β-amino-alcohol motifs (C(OH)–C–C–N with tert-alkyl or cyclic N) is 1. The molecule has 1 fully saturated rings. The number of nitrogens with zero attached hydrogens (tertiary/aromatic N) is 3. The van der Waals surface area contributed by atoms with E-state index in [4.69, 9.17) is 0 Å². The maximum atomic E-state index is 9.85. The van der Waals surface area contributed by atoms with Crippen molar-refractivity contribution < 1.29 is 5.11 Å². The first-order chi connectivity index (χ1) is 7.11. The van der Waals surface area contributed by atoms with Gasteiger partial charge in [0.05, 0.1) is 18.0 Å². The van der Waals surface area contributed by atoms with Gasteiger partial charge in [0.15, 0.2) is 0 Å². The van der Waals surface area contributed by atoms with Crippen molar-refractivity contribution >= 4 is 11.6 Å². The number of aliphatic hydroxyl groups is 1. The van der Waals surface area contributed by atoms with Crippen LogP contribution in [-0.4, -0.2) is 40.8 Å². The van der Waals surface area contributed by atoms with E-state index in [1.807, 2.05) is 18.9 Å². The van der Waals surface area contributed by atoms with E-state index < -0.39 is 5.60 Å². The normalized spacial score (nSPS) is 25.7. The molecule has 1 unspecified atom stereocenters. The summed E-state index contributed by atoms with van der Waals surface area (Å²) in [6.45, 7) is 3.30. The molecular formula is C10H16N4O. The van der Waals surface area contributed by atoms with E-state index in [0.717, 1.165) is 24.6 Å². The Kier molecular flexibility index (Phi) is 2.48. The largest absolute Gasteiger partial charge is 0.388 e. The Balaban J connectivity index is 2.16. The highest BCUT2D eigenvalue weighted by molar-refractivity contribution is 5.44. The Morgan fingerprint density at radius 1 is 1.53 bits per heavy atom. The van der Waals surface area contributed by atoms with Gasteiger partial charge in [0.25, 0.3) is 0 Å². The summed E-state index contributed by atoms with van der Waals surface area (Å²) < 4.78 is 0. The van der Waals surface area contributed by atoms with Crippen molar-refractivity contribution in [3.8, 4) is 0 Å². The molecule has 15 heavy (non-hydrogen) atoms. The first kappa shape index (κ1) is 10.2. The average Bonchev–Trinajstić information content (AvgIpc) is 2.59. The lowest BCUT2D eigenvalue weighted by Gasteiger charge is -2.19. The topological polar surface area (TPSA) is 61.3 Å². The van der Waals surface area contributed by atoms with Crippen LogP contribution < -0.4 is 10.2 Å². The number of aromatic nitrogens is 2. The Morgan fingerprint density at radius 2 is 2.33 bits per heavy atom. The minimum Gasteiger partial charge on any atom is -0.388 e. The maximum absolute atomic E-state index is 9.85. The zero-order valence-electron chi connectivity index (χ0n) is 9.06. The third kappa shape index (κ3) is 2.18. The molecule has 1 aromatic rings. The molecule has 5 heteroatoms. The zero-order chi connectivity index (χ0) is 10.9. The SMILES string of the molecule is CNc1cncc(N2CCC(C)(O)C2)n1. The second-order valence-corrected chi connectivity index (χ2v) is 4.18. The minimum absolute atomic E-state index is 0.600. The predicted molar refractivity (Wildman–Crippen MR) is 59.0 cm³/mol. The van der Waals surface area contributed by atoms with E-state index in [9.17, 15) is 5.11 Å². The number of rotatable bonds is 2. The number of hydrogen-bond acceptors (Lipinski definition) is 5. The highest BCUT2D eigenvalue weighted by Crippen LogP contribution is 2.24. The zero-order valence-corrected chi connectivity index (χ0v) is 9.06. The summed E-state index contributed by atoms with van der Waals surface area (Å²) in [5.41, 5.74) is -0.600. The van der Waals surface area contributed by atoms with Crippen molar-refractivity contribution in [2.75, 3.05) is 30.4 Å². The Hall–Kier alpha value is -1.36. The molecule has 2 N–H and O–H groups in total. The van der Waals surface area contributed by atoms with E-state index in [-0.39, 0.29) is 0 Å². The van der Waals surface area contributed by atoms with Crippen LogP contribution in [0.25, 0.3) is 0 Å². The highest BCUT2D eigenvalue weighted by Gasteiger charge is 2.32. The van der Waals surface area contributed by atoms with Gasteiger partial charge in [0.2, 0.25) is 0 Å². The van der Waals surface area contributed by atoms with Crippen molar-refractivity contribution in [3.63, 3.8) is 0 Å². The first-order valence-corrected chi connectivity index (χ1v) is 5.08. The lowest BCUT2D eigenvalue weighted by molar-refractivity contribution is 0.0839. The summed E-state index contributed by atoms with van der Waals surface area (Å²) in [6.07, 6.45) is 4.18. The van der Waals surface area contributed by atoms with Crippen molar-refractivity contribution in [3.05, 3.63) is 12.4 Å². The fourth-order valence-corrected chi connectivity index (χ4v) is 1.77. The fourth-order valence-electron chi connectivity index (χ4n) is 1.77. The Bertz CT molecular complexity index is 353. The molecule has 0 aliphatic carbocycles. The van der Waals surface area contributed by atoms with Crippen LogP contribution in [0.1, 0.15) is 13.3 Å².